The summed E-state index contributed by atoms with van der Waals surface area (Å²) in [6.07, 6.45) is 16.2. The van der Waals surface area contributed by atoms with E-state index >= 15 is 0 Å². The summed E-state index contributed by atoms with van der Waals surface area (Å²) in [4.78, 5) is 11.9. The first kappa shape index (κ1) is 25.6. The van der Waals surface area contributed by atoms with Gasteiger partial charge in [0.25, 0.3) is 0 Å². The summed E-state index contributed by atoms with van der Waals surface area (Å²) in [7, 11) is 1.30. The molecule has 0 N–H and O–H groups in total. The zero-order chi connectivity index (χ0) is 26.4. The number of fused-ring (bicyclic) bond motifs is 7. The average molecular weight is 507 g/mol. The Morgan fingerprint density at radius 1 is 0.892 bits per heavy atom. The van der Waals surface area contributed by atoms with Crippen LogP contribution in [0.1, 0.15) is 115 Å². The first-order valence-corrected chi connectivity index (χ1v) is 15.0. The largest absolute Gasteiger partial charge is 0.465 e. The molecule has 3 unspecified atom stereocenters. The zero-order valence-corrected chi connectivity index (χ0v) is 24.0. The number of hydrogen-bond acceptors (Lipinski definition) is 2. The average Bonchev–Trinajstić information content (AvgIpc) is 3.25. The van der Waals surface area contributed by atoms with Gasteiger partial charge in [0.05, 0.1) is 12.7 Å². The van der Waals surface area contributed by atoms with E-state index in [1.54, 1.807) is 12.1 Å². The van der Waals surface area contributed by atoms with Crippen LogP contribution in [0.2, 0.25) is 0 Å². The number of carbonyl (C=O) groups excluding carboxylic acids is 1. The van der Waals surface area contributed by atoms with Crippen molar-refractivity contribution in [3.8, 4) is 0 Å². The lowest BCUT2D eigenvalue weighted by Crippen LogP contribution is -2.60. The maximum Gasteiger partial charge on any atom is 0.340 e. The number of carbonyl (C=O) groups is 1. The van der Waals surface area contributed by atoms with Crippen molar-refractivity contribution in [3.05, 3.63) is 41.2 Å². The Balaban J connectivity index is 1.32. The van der Waals surface area contributed by atoms with Crippen molar-refractivity contribution in [2.45, 2.75) is 98.8 Å². The van der Waals surface area contributed by atoms with Crippen molar-refractivity contribution < 1.29 is 13.9 Å². The van der Waals surface area contributed by atoms with Gasteiger partial charge < -0.3 is 4.74 Å². The van der Waals surface area contributed by atoms with Crippen LogP contribution in [0.15, 0.2) is 24.3 Å². The number of benzene rings is 1. The molecule has 5 aliphatic carbocycles. The van der Waals surface area contributed by atoms with Crippen molar-refractivity contribution in [2.75, 3.05) is 7.11 Å². The fourth-order valence-electron chi connectivity index (χ4n) is 11.6. The highest BCUT2D eigenvalue weighted by molar-refractivity contribution is 5.90. The van der Waals surface area contributed by atoms with Gasteiger partial charge in [-0.3, -0.25) is 0 Å². The van der Waals surface area contributed by atoms with E-state index in [1.807, 2.05) is 6.07 Å². The normalized spacial score (nSPS) is 44.1. The number of ether oxygens (including phenoxy) is 1. The highest BCUT2D eigenvalue weighted by Gasteiger charge is 2.64. The van der Waals surface area contributed by atoms with Crippen molar-refractivity contribution in [1.29, 1.82) is 0 Å². The SMILES string of the molecule is COC(=O)c1ccc(C2=CC[C@@]3(C)C(CC[C@@]4(C)C5CC[C@@]6(C)CCC[C@@H]6[C@H]5CCC43)C2(C)C)cc1F. The topological polar surface area (TPSA) is 26.3 Å². The van der Waals surface area contributed by atoms with Gasteiger partial charge in [0.15, 0.2) is 0 Å². The second-order valence-corrected chi connectivity index (χ2v) is 14.9. The van der Waals surface area contributed by atoms with E-state index in [0.29, 0.717) is 16.7 Å². The van der Waals surface area contributed by atoms with Crippen LogP contribution in [0.3, 0.4) is 0 Å². The van der Waals surface area contributed by atoms with Crippen molar-refractivity contribution in [2.24, 2.45) is 51.2 Å². The molecule has 0 saturated heterocycles. The molecule has 8 atom stereocenters. The standard InChI is InChI=1S/C34H47FO2/c1-31(2)24(21-9-10-23(27(35)20-21)30(36)37-6)14-18-34(5)28(31)15-19-33(4)26-13-17-32(3)16-7-8-25(32)22(26)11-12-29(33)34/h9-10,14,20,22,25-26,28-29H,7-8,11-13,15-19H2,1-6H3/t22-,25-,26?,28?,29?,32-,33+,34+/m1/s1. The number of methoxy groups -OCH3 is 1. The minimum Gasteiger partial charge on any atom is -0.465 e. The molecule has 202 valence electrons. The molecule has 3 heteroatoms. The van der Waals surface area contributed by atoms with Crippen molar-refractivity contribution in [3.63, 3.8) is 0 Å². The summed E-state index contributed by atoms with van der Waals surface area (Å²) in [6, 6.07) is 5.08. The monoisotopic (exact) mass is 506 g/mol. The lowest BCUT2D eigenvalue weighted by atomic mass is 9.36. The van der Waals surface area contributed by atoms with Crippen LogP contribution in [-0.4, -0.2) is 13.1 Å². The predicted octanol–water partition coefficient (Wildman–Crippen LogP) is 9.09. The molecule has 0 bridgehead atoms. The zero-order valence-electron chi connectivity index (χ0n) is 24.0. The summed E-state index contributed by atoms with van der Waals surface area (Å²) in [5.74, 6) is 3.05. The van der Waals surface area contributed by atoms with Gasteiger partial charge in [-0.2, -0.15) is 0 Å². The second kappa shape index (κ2) is 8.43. The molecule has 0 spiro atoms. The van der Waals surface area contributed by atoms with Gasteiger partial charge in [-0.1, -0.05) is 53.2 Å². The molecule has 0 heterocycles. The van der Waals surface area contributed by atoms with Gasteiger partial charge in [0.1, 0.15) is 5.82 Å². The summed E-state index contributed by atoms with van der Waals surface area (Å²) in [6.45, 7) is 12.7. The van der Waals surface area contributed by atoms with Crippen molar-refractivity contribution in [1.82, 2.24) is 0 Å². The van der Waals surface area contributed by atoms with Crippen LogP contribution in [-0.2, 0) is 4.74 Å². The van der Waals surface area contributed by atoms with Crippen LogP contribution in [0.25, 0.3) is 5.57 Å². The molecule has 4 saturated carbocycles. The maximum absolute atomic E-state index is 14.9. The van der Waals surface area contributed by atoms with E-state index in [2.05, 4.69) is 40.7 Å². The molecule has 4 fully saturated rings. The highest BCUT2D eigenvalue weighted by Crippen LogP contribution is 2.73. The lowest BCUT2D eigenvalue weighted by molar-refractivity contribution is -0.176. The predicted molar refractivity (Wildman–Crippen MR) is 147 cm³/mol. The van der Waals surface area contributed by atoms with Crippen LogP contribution in [0.4, 0.5) is 4.39 Å². The van der Waals surface area contributed by atoms with Crippen molar-refractivity contribution >= 4 is 11.5 Å². The minimum atomic E-state index is -0.615. The van der Waals surface area contributed by atoms with Gasteiger partial charge in [-0.15, -0.1) is 0 Å². The molecule has 6 rings (SSSR count). The molecule has 0 amide bonds. The third-order valence-electron chi connectivity index (χ3n) is 13.2. The lowest BCUT2D eigenvalue weighted by Gasteiger charge is -2.68. The Bertz CT molecular complexity index is 1130. The fraction of sp³-hybridized carbons (Fsp3) is 0.735. The van der Waals surface area contributed by atoms with E-state index in [4.69, 9.17) is 4.74 Å². The van der Waals surface area contributed by atoms with Crippen LogP contribution in [0.5, 0.6) is 0 Å². The summed E-state index contributed by atoms with van der Waals surface area (Å²) < 4.78 is 19.7. The number of allylic oxidation sites excluding steroid dienone is 2. The molecule has 2 nitrogen and oxygen atoms in total. The Morgan fingerprint density at radius 3 is 2.41 bits per heavy atom. The summed E-state index contributed by atoms with van der Waals surface area (Å²) in [5.41, 5.74) is 3.50. The van der Waals surface area contributed by atoms with Crippen LogP contribution < -0.4 is 0 Å². The summed E-state index contributed by atoms with van der Waals surface area (Å²) in [5, 5.41) is 0. The molecule has 0 aromatic heterocycles. The molecule has 5 aliphatic rings. The Labute approximate surface area is 223 Å². The second-order valence-electron chi connectivity index (χ2n) is 14.9. The van der Waals surface area contributed by atoms with Gasteiger partial charge in [-0.05, 0) is 132 Å². The minimum absolute atomic E-state index is 0.0151. The Kier molecular flexibility index (Phi) is 5.84. The third kappa shape index (κ3) is 3.50. The van der Waals surface area contributed by atoms with Gasteiger partial charge in [-0.25, -0.2) is 9.18 Å². The number of rotatable bonds is 2. The van der Waals surface area contributed by atoms with E-state index < -0.39 is 11.8 Å². The van der Waals surface area contributed by atoms with E-state index in [-0.39, 0.29) is 16.4 Å². The van der Waals surface area contributed by atoms with E-state index in [9.17, 15) is 9.18 Å². The highest BCUT2D eigenvalue weighted by atomic mass is 19.1. The molecule has 1 aromatic carbocycles. The molecular formula is C34H47FO2. The van der Waals surface area contributed by atoms with E-state index in [1.165, 1.54) is 70.5 Å². The fourth-order valence-corrected chi connectivity index (χ4v) is 11.6. The molecule has 1 aromatic rings. The molecule has 0 radical (unpaired) electrons. The van der Waals surface area contributed by atoms with Gasteiger partial charge in [0.2, 0.25) is 0 Å². The molecule has 37 heavy (non-hydrogen) atoms. The summed E-state index contributed by atoms with van der Waals surface area (Å²) >= 11 is 0. The molecule has 0 aliphatic heterocycles. The Hall–Kier alpha value is -1.64. The van der Waals surface area contributed by atoms with E-state index in [0.717, 1.165) is 35.7 Å². The maximum atomic E-state index is 14.9. The van der Waals surface area contributed by atoms with Crippen LogP contribution in [0, 0.1) is 57.1 Å². The van der Waals surface area contributed by atoms with Gasteiger partial charge >= 0.3 is 5.97 Å². The first-order valence-electron chi connectivity index (χ1n) is 15.0. The third-order valence-corrected chi connectivity index (χ3v) is 13.2. The van der Waals surface area contributed by atoms with Gasteiger partial charge in [0, 0.05) is 0 Å². The Morgan fingerprint density at radius 2 is 1.68 bits per heavy atom. The first-order chi connectivity index (χ1) is 17.5. The quantitative estimate of drug-likeness (QED) is 0.374. The smallest absolute Gasteiger partial charge is 0.340 e. The number of halogens is 1. The molecular weight excluding hydrogens is 459 g/mol. The number of hydrogen-bond donors (Lipinski definition) is 0. The number of esters is 1. The van der Waals surface area contributed by atoms with Crippen LogP contribution >= 0.6 is 0 Å².